The van der Waals surface area contributed by atoms with Crippen molar-refractivity contribution in [3.8, 4) is 5.75 Å². The third-order valence-corrected chi connectivity index (χ3v) is 1.99. The van der Waals surface area contributed by atoms with Crippen molar-refractivity contribution in [2.24, 2.45) is 0 Å². The second-order valence-electron chi connectivity index (χ2n) is 2.84. The Labute approximate surface area is 98.0 Å². The summed E-state index contributed by atoms with van der Waals surface area (Å²) >= 11 is 0. The van der Waals surface area contributed by atoms with Crippen molar-refractivity contribution < 1.29 is 9.26 Å². The minimum absolute atomic E-state index is 0. The van der Waals surface area contributed by atoms with Gasteiger partial charge in [0.1, 0.15) is 5.75 Å². The summed E-state index contributed by atoms with van der Waals surface area (Å²) < 4.78 is 10.4. The van der Waals surface area contributed by atoms with Gasteiger partial charge in [0, 0.05) is 15.9 Å². The molecule has 1 unspecified atom stereocenters. The molecule has 0 fully saturated rings. The van der Waals surface area contributed by atoms with E-state index in [0.29, 0.717) is 6.61 Å². The second-order valence-corrected chi connectivity index (χ2v) is 3.17. The van der Waals surface area contributed by atoms with E-state index in [1.165, 1.54) is 5.56 Å². The van der Waals surface area contributed by atoms with Crippen LogP contribution in [0.4, 0.5) is 0 Å². The molecule has 1 atom stereocenters. The van der Waals surface area contributed by atoms with Crippen molar-refractivity contribution in [1.82, 2.24) is 0 Å². The molecular weight excluding hydrogens is 263 g/mol. The first-order chi connectivity index (χ1) is 6.34. The summed E-state index contributed by atoms with van der Waals surface area (Å²) in [6.45, 7) is 3.47. The highest BCUT2D eigenvalue weighted by molar-refractivity contribution is 8.93. The van der Waals surface area contributed by atoms with Crippen molar-refractivity contribution in [1.29, 1.82) is 0 Å². The van der Waals surface area contributed by atoms with Gasteiger partial charge in [-0.15, -0.1) is 17.0 Å². The molecular formula is C10H16BrO2P. The Morgan fingerprint density at radius 2 is 1.93 bits per heavy atom. The molecule has 1 aromatic rings. The van der Waals surface area contributed by atoms with E-state index in [0.717, 1.165) is 18.8 Å². The quantitative estimate of drug-likeness (QED) is 0.609. The molecule has 0 aliphatic heterocycles. The van der Waals surface area contributed by atoms with Crippen LogP contribution in [0.25, 0.3) is 0 Å². The molecule has 0 N–H and O–H groups in total. The van der Waals surface area contributed by atoms with Crippen molar-refractivity contribution in [2.75, 3.05) is 13.2 Å². The molecule has 0 saturated heterocycles. The van der Waals surface area contributed by atoms with Crippen LogP contribution in [0.3, 0.4) is 0 Å². The van der Waals surface area contributed by atoms with Gasteiger partial charge in [-0.1, -0.05) is 18.2 Å². The Bertz CT molecular complexity index is 256. The maximum absolute atomic E-state index is 5.55. The molecule has 0 aliphatic carbocycles. The Hall–Kier alpha value is -0.110. The predicted molar refractivity (Wildman–Crippen MR) is 67.3 cm³/mol. The summed E-state index contributed by atoms with van der Waals surface area (Å²) in [4.78, 5) is 0. The van der Waals surface area contributed by atoms with Gasteiger partial charge in [-0.05, 0) is 18.6 Å². The van der Waals surface area contributed by atoms with Crippen molar-refractivity contribution in [3.63, 3.8) is 0 Å². The summed E-state index contributed by atoms with van der Waals surface area (Å²) in [6.07, 6.45) is 0.915. The third kappa shape index (κ3) is 4.94. The molecule has 14 heavy (non-hydrogen) atoms. The van der Waals surface area contributed by atoms with Crippen LogP contribution in [-0.2, 0) is 4.52 Å². The van der Waals surface area contributed by atoms with E-state index >= 15 is 0 Å². The van der Waals surface area contributed by atoms with E-state index in [1.807, 2.05) is 31.2 Å². The monoisotopic (exact) mass is 278 g/mol. The number of aryl methyl sites for hydroxylation is 1. The lowest BCUT2D eigenvalue weighted by molar-refractivity contribution is 0.265. The maximum Gasteiger partial charge on any atom is 0.122 e. The Morgan fingerprint density at radius 3 is 2.57 bits per heavy atom. The zero-order chi connectivity index (χ0) is 9.52. The van der Waals surface area contributed by atoms with Crippen LogP contribution in [0, 0.1) is 6.92 Å². The van der Waals surface area contributed by atoms with Gasteiger partial charge in [0.2, 0.25) is 0 Å². The molecule has 0 aromatic heterocycles. The first-order valence-electron chi connectivity index (χ1n) is 4.34. The second kappa shape index (κ2) is 8.22. The summed E-state index contributed by atoms with van der Waals surface area (Å²) in [5.74, 6) is 0.964. The van der Waals surface area contributed by atoms with E-state index in [1.54, 1.807) is 0 Å². The Morgan fingerprint density at radius 1 is 1.21 bits per heavy atom. The summed E-state index contributed by atoms with van der Waals surface area (Å²) in [7, 11) is 2.23. The van der Waals surface area contributed by atoms with Crippen LogP contribution in [0.1, 0.15) is 12.0 Å². The Balaban J connectivity index is 0.00000169. The number of ether oxygens (including phenoxy) is 1. The number of rotatable bonds is 5. The fraction of sp³-hybridized carbons (Fsp3) is 0.400. The zero-order valence-corrected chi connectivity index (χ0v) is 11.1. The summed E-state index contributed by atoms with van der Waals surface area (Å²) in [6, 6.07) is 8.01. The zero-order valence-electron chi connectivity index (χ0n) is 8.23. The number of para-hydroxylation sites is 1. The predicted octanol–water partition coefficient (Wildman–Crippen LogP) is 3.15. The number of halogens is 1. The SMILES string of the molecule is Br.Cc1ccccc1OCCCOP. The average Bonchev–Trinajstić information content (AvgIpc) is 2.15. The van der Waals surface area contributed by atoms with E-state index in [9.17, 15) is 0 Å². The van der Waals surface area contributed by atoms with Crippen molar-refractivity contribution in [2.45, 2.75) is 13.3 Å². The highest BCUT2D eigenvalue weighted by Crippen LogP contribution is 2.16. The molecule has 1 aromatic carbocycles. The van der Waals surface area contributed by atoms with Gasteiger partial charge in [0.25, 0.3) is 0 Å². The van der Waals surface area contributed by atoms with Crippen molar-refractivity contribution >= 4 is 26.4 Å². The molecule has 1 rings (SSSR count). The van der Waals surface area contributed by atoms with Crippen LogP contribution in [0.2, 0.25) is 0 Å². The van der Waals surface area contributed by atoms with Gasteiger partial charge >= 0.3 is 0 Å². The smallest absolute Gasteiger partial charge is 0.122 e. The number of hydrogen-bond donors (Lipinski definition) is 0. The molecule has 4 heteroatoms. The minimum atomic E-state index is 0. The normalized spacial score (nSPS) is 9.29. The molecule has 80 valence electrons. The maximum atomic E-state index is 5.55. The van der Waals surface area contributed by atoms with E-state index in [4.69, 9.17) is 9.26 Å². The first kappa shape index (κ1) is 13.9. The van der Waals surface area contributed by atoms with Gasteiger partial charge < -0.3 is 9.26 Å². The Kier molecular flexibility index (Phi) is 8.15. The van der Waals surface area contributed by atoms with Gasteiger partial charge in [0.05, 0.1) is 13.2 Å². The summed E-state index contributed by atoms with van der Waals surface area (Å²) in [5.41, 5.74) is 1.18. The highest BCUT2D eigenvalue weighted by atomic mass is 79.9. The summed E-state index contributed by atoms with van der Waals surface area (Å²) in [5, 5.41) is 0. The van der Waals surface area contributed by atoms with Crippen LogP contribution in [-0.4, -0.2) is 13.2 Å². The van der Waals surface area contributed by atoms with Crippen LogP contribution in [0.15, 0.2) is 24.3 Å². The largest absolute Gasteiger partial charge is 0.493 e. The fourth-order valence-electron chi connectivity index (χ4n) is 1.04. The van der Waals surface area contributed by atoms with Crippen LogP contribution in [0.5, 0.6) is 5.75 Å². The lowest BCUT2D eigenvalue weighted by atomic mass is 10.2. The van der Waals surface area contributed by atoms with Gasteiger partial charge in [0.15, 0.2) is 0 Å². The number of benzene rings is 1. The van der Waals surface area contributed by atoms with Crippen LogP contribution < -0.4 is 4.74 Å². The molecule has 0 bridgehead atoms. The molecule has 2 nitrogen and oxygen atoms in total. The topological polar surface area (TPSA) is 18.5 Å². The third-order valence-electron chi connectivity index (χ3n) is 1.76. The minimum Gasteiger partial charge on any atom is -0.493 e. The molecule has 0 radical (unpaired) electrons. The first-order valence-corrected chi connectivity index (χ1v) is 4.82. The molecule has 0 spiro atoms. The van der Waals surface area contributed by atoms with E-state index < -0.39 is 0 Å². The molecule has 0 heterocycles. The average molecular weight is 279 g/mol. The highest BCUT2D eigenvalue weighted by Gasteiger charge is 1.96. The molecule has 0 aliphatic rings. The molecule has 0 amide bonds. The van der Waals surface area contributed by atoms with Gasteiger partial charge in [-0.25, -0.2) is 0 Å². The standard InChI is InChI=1S/C10H15O2P.BrH/c1-9-5-2-3-6-10(9)11-7-4-8-12-13;/h2-3,5-6H,4,7-8,13H2,1H3;1H. The van der Waals surface area contributed by atoms with Gasteiger partial charge in [-0.2, -0.15) is 0 Å². The molecule has 0 saturated carbocycles. The van der Waals surface area contributed by atoms with E-state index in [-0.39, 0.29) is 17.0 Å². The van der Waals surface area contributed by atoms with Crippen molar-refractivity contribution in [3.05, 3.63) is 29.8 Å². The lowest BCUT2D eigenvalue weighted by Gasteiger charge is -2.07. The fourth-order valence-corrected chi connectivity index (χ4v) is 1.21. The van der Waals surface area contributed by atoms with Gasteiger partial charge in [-0.3, -0.25) is 0 Å². The number of hydrogen-bond acceptors (Lipinski definition) is 2. The lowest BCUT2D eigenvalue weighted by Crippen LogP contribution is -2.00. The van der Waals surface area contributed by atoms with E-state index in [2.05, 4.69) is 9.47 Å². The van der Waals surface area contributed by atoms with Crippen LogP contribution >= 0.6 is 26.4 Å².